The Morgan fingerprint density at radius 3 is 2.57 bits per heavy atom. The van der Waals surface area contributed by atoms with E-state index in [-0.39, 0.29) is 0 Å². The molecule has 2 rings (SSSR count). The number of guanidine groups is 1. The smallest absolute Gasteiger partial charge is 0.191 e. The highest BCUT2D eigenvalue weighted by molar-refractivity contribution is 5.79. The molecule has 1 aliphatic heterocycles. The molecule has 1 atom stereocenters. The Kier molecular flexibility index (Phi) is 9.79. The lowest BCUT2D eigenvalue weighted by atomic mass is 10.0. The van der Waals surface area contributed by atoms with Crippen molar-refractivity contribution in [3.63, 3.8) is 0 Å². The summed E-state index contributed by atoms with van der Waals surface area (Å²) in [6, 6.07) is 9.20. The van der Waals surface area contributed by atoms with Crippen LogP contribution >= 0.6 is 0 Å². The summed E-state index contributed by atoms with van der Waals surface area (Å²) >= 11 is 0. The molecular formula is C23H40N4O. The van der Waals surface area contributed by atoms with E-state index in [2.05, 4.69) is 72.5 Å². The van der Waals surface area contributed by atoms with E-state index < -0.39 is 0 Å². The zero-order chi connectivity index (χ0) is 20.4. The van der Waals surface area contributed by atoms with Gasteiger partial charge < -0.3 is 15.4 Å². The number of piperidine rings is 1. The number of nitrogens with one attached hydrogen (secondary N) is 2. The van der Waals surface area contributed by atoms with Gasteiger partial charge in [0.25, 0.3) is 0 Å². The van der Waals surface area contributed by atoms with Crippen LogP contribution in [-0.4, -0.2) is 56.3 Å². The van der Waals surface area contributed by atoms with E-state index in [9.17, 15) is 0 Å². The maximum atomic E-state index is 5.83. The standard InChI is InChI=1S/C23H40N4O/c1-6-28-22(18(2)3)11-14-25-23(24-5)26-21-12-15-27(16-13-21)17-20-10-8-7-9-19(20)4/h7-10,18,21-22H,6,11-17H2,1-5H3,(H2,24,25,26). The molecular weight excluding hydrogens is 348 g/mol. The highest BCUT2D eigenvalue weighted by atomic mass is 16.5. The molecule has 5 nitrogen and oxygen atoms in total. The first kappa shape index (κ1) is 22.7. The summed E-state index contributed by atoms with van der Waals surface area (Å²) in [5.41, 5.74) is 2.83. The second-order valence-corrected chi connectivity index (χ2v) is 8.15. The molecule has 0 aromatic heterocycles. The number of benzene rings is 1. The average molecular weight is 389 g/mol. The Morgan fingerprint density at radius 1 is 1.25 bits per heavy atom. The van der Waals surface area contributed by atoms with E-state index in [1.54, 1.807) is 0 Å². The lowest BCUT2D eigenvalue weighted by Crippen LogP contribution is -2.49. The van der Waals surface area contributed by atoms with Crippen LogP contribution < -0.4 is 10.6 Å². The van der Waals surface area contributed by atoms with E-state index in [0.29, 0.717) is 18.1 Å². The van der Waals surface area contributed by atoms with Gasteiger partial charge in [-0.05, 0) is 50.2 Å². The number of aliphatic imine (C=N–C) groups is 1. The van der Waals surface area contributed by atoms with Gasteiger partial charge in [-0.2, -0.15) is 0 Å². The molecule has 1 aromatic rings. The predicted molar refractivity (Wildman–Crippen MR) is 119 cm³/mol. The zero-order valence-corrected chi connectivity index (χ0v) is 18.5. The fraction of sp³-hybridized carbons (Fsp3) is 0.696. The Hall–Kier alpha value is -1.59. The number of nitrogens with zero attached hydrogens (tertiary/aromatic N) is 2. The number of hydrogen-bond acceptors (Lipinski definition) is 3. The normalized spacial score (nSPS) is 17.7. The number of ether oxygens (including phenoxy) is 1. The molecule has 0 amide bonds. The van der Waals surface area contributed by atoms with Gasteiger partial charge in [0.05, 0.1) is 6.10 Å². The minimum absolute atomic E-state index is 0.306. The third-order valence-electron chi connectivity index (χ3n) is 5.65. The third kappa shape index (κ3) is 7.44. The molecule has 1 aromatic carbocycles. The van der Waals surface area contributed by atoms with Crippen LogP contribution in [0.5, 0.6) is 0 Å². The highest BCUT2D eigenvalue weighted by Crippen LogP contribution is 2.16. The van der Waals surface area contributed by atoms with Crippen LogP contribution in [0.4, 0.5) is 0 Å². The number of likely N-dealkylation sites (tertiary alicyclic amines) is 1. The molecule has 5 heteroatoms. The lowest BCUT2D eigenvalue weighted by Gasteiger charge is -2.33. The van der Waals surface area contributed by atoms with Crippen LogP contribution in [0.2, 0.25) is 0 Å². The van der Waals surface area contributed by atoms with Gasteiger partial charge in [-0.1, -0.05) is 38.1 Å². The van der Waals surface area contributed by atoms with Crippen molar-refractivity contribution >= 4 is 5.96 Å². The molecule has 1 heterocycles. The van der Waals surface area contributed by atoms with E-state index in [1.807, 2.05) is 7.05 Å². The summed E-state index contributed by atoms with van der Waals surface area (Å²) in [5.74, 6) is 1.45. The first-order valence-electron chi connectivity index (χ1n) is 10.9. The number of hydrogen-bond donors (Lipinski definition) is 2. The molecule has 0 bridgehead atoms. The summed E-state index contributed by atoms with van der Waals surface area (Å²) in [6.45, 7) is 13.7. The SMILES string of the molecule is CCOC(CCNC(=NC)NC1CCN(Cc2ccccc2C)CC1)C(C)C. The quantitative estimate of drug-likeness (QED) is 0.501. The highest BCUT2D eigenvalue weighted by Gasteiger charge is 2.20. The van der Waals surface area contributed by atoms with Gasteiger partial charge in [0.15, 0.2) is 5.96 Å². The van der Waals surface area contributed by atoms with Gasteiger partial charge in [-0.25, -0.2) is 0 Å². The topological polar surface area (TPSA) is 48.9 Å². The van der Waals surface area contributed by atoms with Crippen molar-refractivity contribution < 1.29 is 4.74 Å². The van der Waals surface area contributed by atoms with E-state index >= 15 is 0 Å². The molecule has 1 saturated heterocycles. The van der Waals surface area contributed by atoms with Crippen molar-refractivity contribution in [3.8, 4) is 0 Å². The monoisotopic (exact) mass is 388 g/mol. The van der Waals surface area contributed by atoms with Crippen LogP contribution in [0.3, 0.4) is 0 Å². The second-order valence-electron chi connectivity index (χ2n) is 8.15. The Morgan fingerprint density at radius 2 is 1.96 bits per heavy atom. The summed E-state index contributed by atoms with van der Waals surface area (Å²) < 4.78 is 5.83. The second kappa shape index (κ2) is 12.1. The molecule has 1 unspecified atom stereocenters. The molecule has 1 fully saturated rings. The molecule has 0 aliphatic carbocycles. The van der Waals surface area contributed by atoms with Gasteiger partial charge in [0.2, 0.25) is 0 Å². The van der Waals surface area contributed by atoms with Crippen molar-refractivity contribution in [2.75, 3.05) is 33.3 Å². The Labute approximate surface area is 171 Å². The first-order chi connectivity index (χ1) is 13.5. The molecule has 0 radical (unpaired) electrons. The van der Waals surface area contributed by atoms with Crippen molar-refractivity contribution in [2.24, 2.45) is 10.9 Å². The predicted octanol–water partition coefficient (Wildman–Crippen LogP) is 3.58. The summed E-state index contributed by atoms with van der Waals surface area (Å²) in [7, 11) is 1.85. The Balaban J connectivity index is 1.71. The van der Waals surface area contributed by atoms with Crippen LogP contribution in [0.1, 0.15) is 51.2 Å². The van der Waals surface area contributed by atoms with Crippen molar-refractivity contribution in [2.45, 2.75) is 65.6 Å². The van der Waals surface area contributed by atoms with Crippen LogP contribution in [0.15, 0.2) is 29.3 Å². The molecule has 0 saturated carbocycles. The van der Waals surface area contributed by atoms with Crippen LogP contribution in [0, 0.1) is 12.8 Å². The van der Waals surface area contributed by atoms with Crippen molar-refractivity contribution in [1.82, 2.24) is 15.5 Å². The van der Waals surface area contributed by atoms with Gasteiger partial charge in [0, 0.05) is 45.9 Å². The third-order valence-corrected chi connectivity index (χ3v) is 5.65. The molecule has 158 valence electrons. The van der Waals surface area contributed by atoms with Crippen LogP contribution in [-0.2, 0) is 11.3 Å². The number of rotatable bonds is 9. The van der Waals surface area contributed by atoms with E-state index in [1.165, 1.54) is 11.1 Å². The molecule has 0 spiro atoms. The summed E-state index contributed by atoms with van der Waals surface area (Å²) in [6.07, 6.45) is 3.61. The maximum absolute atomic E-state index is 5.83. The van der Waals surface area contributed by atoms with Crippen molar-refractivity contribution in [3.05, 3.63) is 35.4 Å². The largest absolute Gasteiger partial charge is 0.378 e. The minimum atomic E-state index is 0.306. The maximum Gasteiger partial charge on any atom is 0.191 e. The average Bonchev–Trinajstić information content (AvgIpc) is 2.69. The Bertz CT molecular complexity index is 594. The number of aryl methyl sites for hydroxylation is 1. The van der Waals surface area contributed by atoms with Gasteiger partial charge >= 0.3 is 0 Å². The summed E-state index contributed by atoms with van der Waals surface area (Å²) in [4.78, 5) is 6.97. The molecule has 1 aliphatic rings. The molecule has 28 heavy (non-hydrogen) atoms. The summed E-state index contributed by atoms with van der Waals surface area (Å²) in [5, 5.41) is 7.07. The first-order valence-corrected chi connectivity index (χ1v) is 10.9. The van der Waals surface area contributed by atoms with Gasteiger partial charge in [-0.3, -0.25) is 9.89 Å². The molecule has 2 N–H and O–H groups in total. The van der Waals surface area contributed by atoms with Gasteiger partial charge in [0.1, 0.15) is 0 Å². The van der Waals surface area contributed by atoms with Crippen molar-refractivity contribution in [1.29, 1.82) is 0 Å². The van der Waals surface area contributed by atoms with E-state index in [0.717, 1.165) is 58.0 Å². The fourth-order valence-corrected chi connectivity index (χ4v) is 3.81. The van der Waals surface area contributed by atoms with Gasteiger partial charge in [-0.15, -0.1) is 0 Å². The zero-order valence-electron chi connectivity index (χ0n) is 18.5. The fourth-order valence-electron chi connectivity index (χ4n) is 3.81. The minimum Gasteiger partial charge on any atom is -0.378 e. The lowest BCUT2D eigenvalue weighted by molar-refractivity contribution is 0.0258. The van der Waals surface area contributed by atoms with Crippen LogP contribution in [0.25, 0.3) is 0 Å². The van der Waals surface area contributed by atoms with E-state index in [4.69, 9.17) is 4.74 Å².